The fourth-order valence-electron chi connectivity index (χ4n) is 2.36. The summed E-state index contributed by atoms with van der Waals surface area (Å²) in [5.74, 6) is 0.716. The molecule has 20 heavy (non-hydrogen) atoms. The van der Waals surface area contributed by atoms with Gasteiger partial charge in [-0.15, -0.1) is 0 Å². The van der Waals surface area contributed by atoms with E-state index >= 15 is 0 Å². The first-order valence-corrected chi connectivity index (χ1v) is 6.74. The van der Waals surface area contributed by atoms with E-state index in [4.69, 9.17) is 4.42 Å². The largest absolute Gasteiger partial charge is 0.508 e. The molecule has 1 aliphatic heterocycles. The lowest BCUT2D eigenvalue weighted by Crippen LogP contribution is -2.29. The predicted molar refractivity (Wildman–Crippen MR) is 73.1 cm³/mol. The van der Waals surface area contributed by atoms with Crippen molar-refractivity contribution in [2.45, 2.75) is 19.3 Å². The van der Waals surface area contributed by atoms with E-state index in [2.05, 4.69) is 4.98 Å². The number of rotatable bonds is 3. The molecule has 0 bridgehead atoms. The zero-order valence-corrected chi connectivity index (χ0v) is 11.1. The molecule has 2 heterocycles. The van der Waals surface area contributed by atoms with E-state index in [0.717, 1.165) is 31.5 Å². The molecule has 0 radical (unpaired) electrons. The van der Waals surface area contributed by atoms with Gasteiger partial charge in [-0.25, -0.2) is 4.98 Å². The van der Waals surface area contributed by atoms with Gasteiger partial charge < -0.3 is 14.4 Å². The Bertz CT molecular complexity index is 598. The second-order valence-corrected chi connectivity index (χ2v) is 4.94. The number of hydrogen-bond acceptors (Lipinski definition) is 4. The van der Waals surface area contributed by atoms with Crippen molar-refractivity contribution >= 4 is 5.91 Å². The number of carbonyl (C=O) groups excluding carboxylic acids is 1. The summed E-state index contributed by atoms with van der Waals surface area (Å²) in [7, 11) is 0. The van der Waals surface area contributed by atoms with Crippen LogP contribution in [-0.2, 0) is 11.2 Å². The van der Waals surface area contributed by atoms with Crippen LogP contribution in [0.1, 0.15) is 18.7 Å². The van der Waals surface area contributed by atoms with Gasteiger partial charge in [0.15, 0.2) is 0 Å². The monoisotopic (exact) mass is 272 g/mol. The van der Waals surface area contributed by atoms with Crippen molar-refractivity contribution in [1.82, 2.24) is 9.88 Å². The highest BCUT2D eigenvalue weighted by atomic mass is 16.3. The standard InChI is InChI=1S/C15H16N2O3/c18-12-5-3-11(4-6-12)13-10-20-14(16-13)9-15(19)17-7-1-2-8-17/h3-6,10,18H,1-2,7-9H2. The minimum atomic E-state index is 0.0709. The molecule has 104 valence electrons. The highest BCUT2D eigenvalue weighted by Crippen LogP contribution is 2.21. The Labute approximate surface area is 116 Å². The van der Waals surface area contributed by atoms with Gasteiger partial charge in [0.05, 0.1) is 0 Å². The van der Waals surface area contributed by atoms with Crippen molar-refractivity contribution < 1.29 is 14.3 Å². The number of oxazole rings is 1. The molecular weight excluding hydrogens is 256 g/mol. The van der Waals surface area contributed by atoms with Crippen LogP contribution in [0.5, 0.6) is 5.75 Å². The van der Waals surface area contributed by atoms with Crippen molar-refractivity contribution in [3.8, 4) is 17.0 Å². The van der Waals surface area contributed by atoms with Crippen LogP contribution in [0.2, 0.25) is 0 Å². The first kappa shape index (κ1) is 12.7. The SMILES string of the molecule is O=C(Cc1nc(-c2ccc(O)cc2)co1)N1CCCC1. The Kier molecular flexibility index (Phi) is 3.41. The third-order valence-corrected chi connectivity index (χ3v) is 3.48. The number of carbonyl (C=O) groups is 1. The summed E-state index contributed by atoms with van der Waals surface area (Å²) in [5, 5.41) is 9.25. The number of amides is 1. The normalized spacial score (nSPS) is 14.7. The van der Waals surface area contributed by atoms with Gasteiger partial charge in [0, 0.05) is 18.7 Å². The van der Waals surface area contributed by atoms with E-state index in [1.165, 1.54) is 0 Å². The molecule has 1 saturated heterocycles. The lowest BCUT2D eigenvalue weighted by atomic mass is 10.2. The van der Waals surface area contributed by atoms with Gasteiger partial charge in [0.1, 0.15) is 24.1 Å². The molecular formula is C15H16N2O3. The minimum absolute atomic E-state index is 0.0709. The number of likely N-dealkylation sites (tertiary alicyclic amines) is 1. The summed E-state index contributed by atoms with van der Waals surface area (Å²) >= 11 is 0. The predicted octanol–water partition coefficient (Wildman–Crippen LogP) is 2.21. The Hall–Kier alpha value is -2.30. The van der Waals surface area contributed by atoms with E-state index in [1.54, 1.807) is 30.5 Å². The fourth-order valence-corrected chi connectivity index (χ4v) is 2.36. The lowest BCUT2D eigenvalue weighted by Gasteiger charge is -2.13. The van der Waals surface area contributed by atoms with Crippen LogP contribution in [0.15, 0.2) is 34.9 Å². The average molecular weight is 272 g/mol. The maximum Gasteiger partial charge on any atom is 0.231 e. The van der Waals surface area contributed by atoms with Gasteiger partial charge in [-0.2, -0.15) is 0 Å². The molecule has 0 unspecified atom stereocenters. The molecule has 1 fully saturated rings. The molecule has 5 heteroatoms. The summed E-state index contributed by atoms with van der Waals surface area (Å²) in [6.45, 7) is 1.68. The van der Waals surface area contributed by atoms with Gasteiger partial charge in [0.25, 0.3) is 0 Å². The number of phenolic OH excluding ortho intramolecular Hbond substituents is 1. The molecule has 0 atom stereocenters. The van der Waals surface area contributed by atoms with Crippen molar-refractivity contribution in [2.75, 3.05) is 13.1 Å². The summed E-state index contributed by atoms with van der Waals surface area (Å²) in [6.07, 6.45) is 3.91. The van der Waals surface area contributed by atoms with Gasteiger partial charge in [-0.05, 0) is 37.1 Å². The molecule has 1 aliphatic rings. The minimum Gasteiger partial charge on any atom is -0.508 e. The Morgan fingerprint density at radius 2 is 1.95 bits per heavy atom. The van der Waals surface area contributed by atoms with E-state index < -0.39 is 0 Å². The van der Waals surface area contributed by atoms with Crippen LogP contribution in [-0.4, -0.2) is 34.0 Å². The highest BCUT2D eigenvalue weighted by molar-refractivity contribution is 5.78. The zero-order chi connectivity index (χ0) is 13.9. The molecule has 0 saturated carbocycles. The van der Waals surface area contributed by atoms with E-state index in [1.807, 2.05) is 4.90 Å². The second-order valence-electron chi connectivity index (χ2n) is 4.94. The van der Waals surface area contributed by atoms with Gasteiger partial charge in [0.2, 0.25) is 11.8 Å². The van der Waals surface area contributed by atoms with Gasteiger partial charge in [-0.3, -0.25) is 4.79 Å². The molecule has 1 aromatic carbocycles. The molecule has 2 aromatic rings. The average Bonchev–Trinajstić information content (AvgIpc) is 3.10. The second kappa shape index (κ2) is 5.36. The van der Waals surface area contributed by atoms with Crippen LogP contribution in [0.25, 0.3) is 11.3 Å². The zero-order valence-electron chi connectivity index (χ0n) is 11.1. The van der Waals surface area contributed by atoms with E-state index in [-0.39, 0.29) is 18.1 Å². The van der Waals surface area contributed by atoms with Crippen molar-refractivity contribution in [2.24, 2.45) is 0 Å². The van der Waals surface area contributed by atoms with Crippen LogP contribution in [0, 0.1) is 0 Å². The van der Waals surface area contributed by atoms with Crippen LogP contribution >= 0.6 is 0 Å². The van der Waals surface area contributed by atoms with E-state index in [9.17, 15) is 9.90 Å². The number of aromatic hydroxyl groups is 1. The molecule has 0 aliphatic carbocycles. The Morgan fingerprint density at radius 1 is 1.25 bits per heavy atom. The van der Waals surface area contributed by atoms with Crippen LogP contribution in [0.4, 0.5) is 0 Å². The highest BCUT2D eigenvalue weighted by Gasteiger charge is 2.20. The third-order valence-electron chi connectivity index (χ3n) is 3.48. The lowest BCUT2D eigenvalue weighted by molar-refractivity contribution is -0.129. The number of nitrogens with zero attached hydrogens (tertiary/aromatic N) is 2. The van der Waals surface area contributed by atoms with Crippen LogP contribution in [0.3, 0.4) is 0 Å². The number of aromatic nitrogens is 1. The third kappa shape index (κ3) is 2.66. The first-order chi connectivity index (χ1) is 9.72. The number of hydrogen-bond donors (Lipinski definition) is 1. The Morgan fingerprint density at radius 3 is 2.65 bits per heavy atom. The Balaban J connectivity index is 1.70. The summed E-state index contributed by atoms with van der Waals surface area (Å²) in [5.41, 5.74) is 1.53. The van der Waals surface area contributed by atoms with Gasteiger partial charge in [-0.1, -0.05) is 0 Å². The summed E-state index contributed by atoms with van der Waals surface area (Å²) < 4.78 is 5.36. The van der Waals surface area contributed by atoms with E-state index in [0.29, 0.717) is 11.6 Å². The fraction of sp³-hybridized carbons (Fsp3) is 0.333. The quantitative estimate of drug-likeness (QED) is 0.930. The molecule has 1 N–H and O–H groups in total. The summed E-state index contributed by atoms with van der Waals surface area (Å²) in [4.78, 5) is 18.2. The van der Waals surface area contributed by atoms with Crippen molar-refractivity contribution in [3.05, 3.63) is 36.4 Å². The molecule has 1 amide bonds. The molecule has 0 spiro atoms. The van der Waals surface area contributed by atoms with Crippen molar-refractivity contribution in [1.29, 1.82) is 0 Å². The molecule has 5 nitrogen and oxygen atoms in total. The smallest absolute Gasteiger partial charge is 0.231 e. The number of phenols is 1. The molecule has 3 rings (SSSR count). The first-order valence-electron chi connectivity index (χ1n) is 6.74. The topological polar surface area (TPSA) is 66.6 Å². The maximum atomic E-state index is 12.0. The van der Waals surface area contributed by atoms with Crippen molar-refractivity contribution in [3.63, 3.8) is 0 Å². The number of benzene rings is 1. The maximum absolute atomic E-state index is 12.0. The van der Waals surface area contributed by atoms with Crippen LogP contribution < -0.4 is 0 Å². The van der Waals surface area contributed by atoms with Gasteiger partial charge >= 0.3 is 0 Å². The summed E-state index contributed by atoms with van der Waals surface area (Å²) in [6, 6.07) is 6.72. The molecule has 1 aromatic heterocycles.